The van der Waals surface area contributed by atoms with Gasteiger partial charge in [0.2, 0.25) is 6.79 Å². The largest absolute Gasteiger partial charge is 0.454 e. The van der Waals surface area contributed by atoms with E-state index in [2.05, 4.69) is 23.1 Å². The Bertz CT molecular complexity index is 671. The summed E-state index contributed by atoms with van der Waals surface area (Å²) in [5.74, 6) is 1.46. The molecule has 0 fully saturated rings. The van der Waals surface area contributed by atoms with Gasteiger partial charge >= 0.3 is 0 Å². The molecule has 1 unspecified atom stereocenters. The number of anilines is 1. The van der Waals surface area contributed by atoms with Crippen molar-refractivity contribution in [2.24, 2.45) is 0 Å². The molecular formula is C17H17NO3. The SMILES string of the molecule is OC(CN1CCc2ccccc21)c1ccc2c(c1)OCO2. The van der Waals surface area contributed by atoms with Crippen LogP contribution in [0.5, 0.6) is 11.5 Å². The molecule has 4 heteroatoms. The van der Waals surface area contributed by atoms with E-state index in [1.807, 2.05) is 24.3 Å². The predicted molar refractivity (Wildman–Crippen MR) is 79.9 cm³/mol. The van der Waals surface area contributed by atoms with Crippen LogP contribution in [-0.4, -0.2) is 25.0 Å². The number of β-amino-alcohol motifs (C(OH)–C–C–N with tert-alkyl or cyclic N) is 1. The number of rotatable bonds is 3. The molecule has 2 aromatic carbocycles. The molecule has 0 amide bonds. The molecule has 2 aliphatic rings. The van der Waals surface area contributed by atoms with Gasteiger partial charge in [-0.1, -0.05) is 24.3 Å². The normalized spacial score (nSPS) is 16.9. The number of ether oxygens (including phenoxy) is 2. The molecule has 2 aliphatic heterocycles. The maximum absolute atomic E-state index is 10.5. The van der Waals surface area contributed by atoms with Crippen LogP contribution in [-0.2, 0) is 6.42 Å². The Morgan fingerprint density at radius 1 is 1.10 bits per heavy atom. The monoisotopic (exact) mass is 283 g/mol. The summed E-state index contributed by atoms with van der Waals surface area (Å²) in [6.07, 6.45) is 0.509. The van der Waals surface area contributed by atoms with E-state index in [9.17, 15) is 5.11 Å². The van der Waals surface area contributed by atoms with Gasteiger partial charge in [-0.15, -0.1) is 0 Å². The number of aliphatic hydroxyl groups is 1. The van der Waals surface area contributed by atoms with E-state index in [0.29, 0.717) is 12.3 Å². The van der Waals surface area contributed by atoms with Gasteiger partial charge in [-0.25, -0.2) is 0 Å². The maximum Gasteiger partial charge on any atom is 0.231 e. The van der Waals surface area contributed by atoms with Gasteiger partial charge in [0.05, 0.1) is 6.10 Å². The van der Waals surface area contributed by atoms with Gasteiger partial charge in [-0.3, -0.25) is 0 Å². The molecule has 21 heavy (non-hydrogen) atoms. The molecule has 2 aromatic rings. The number of hydrogen-bond donors (Lipinski definition) is 1. The van der Waals surface area contributed by atoms with Crippen molar-refractivity contribution in [1.82, 2.24) is 0 Å². The first-order valence-corrected chi connectivity index (χ1v) is 7.22. The molecule has 4 rings (SSSR count). The number of para-hydroxylation sites is 1. The molecule has 4 nitrogen and oxygen atoms in total. The van der Waals surface area contributed by atoms with Crippen molar-refractivity contribution in [2.75, 3.05) is 24.8 Å². The molecular weight excluding hydrogens is 266 g/mol. The molecule has 0 aliphatic carbocycles. The van der Waals surface area contributed by atoms with Crippen molar-refractivity contribution >= 4 is 5.69 Å². The van der Waals surface area contributed by atoms with Crippen LogP contribution in [0.2, 0.25) is 0 Å². The van der Waals surface area contributed by atoms with Crippen molar-refractivity contribution < 1.29 is 14.6 Å². The highest BCUT2D eigenvalue weighted by molar-refractivity contribution is 5.58. The van der Waals surface area contributed by atoms with Crippen molar-refractivity contribution in [3.05, 3.63) is 53.6 Å². The van der Waals surface area contributed by atoms with Crippen molar-refractivity contribution in [3.8, 4) is 11.5 Å². The van der Waals surface area contributed by atoms with Crippen LogP contribution in [0.25, 0.3) is 0 Å². The molecule has 0 saturated heterocycles. The summed E-state index contributed by atoms with van der Waals surface area (Å²) in [4.78, 5) is 2.24. The maximum atomic E-state index is 10.5. The molecule has 0 saturated carbocycles. The third-order valence-corrected chi connectivity index (χ3v) is 4.16. The van der Waals surface area contributed by atoms with E-state index in [4.69, 9.17) is 9.47 Å². The molecule has 0 spiro atoms. The third-order valence-electron chi connectivity index (χ3n) is 4.16. The quantitative estimate of drug-likeness (QED) is 0.940. The number of aliphatic hydroxyl groups excluding tert-OH is 1. The van der Waals surface area contributed by atoms with Crippen molar-refractivity contribution in [1.29, 1.82) is 0 Å². The summed E-state index contributed by atoms with van der Waals surface area (Å²) in [5, 5.41) is 10.5. The highest BCUT2D eigenvalue weighted by Crippen LogP contribution is 2.35. The Balaban J connectivity index is 1.53. The van der Waals surface area contributed by atoms with Crippen LogP contribution in [0.1, 0.15) is 17.2 Å². The fourth-order valence-corrected chi connectivity index (χ4v) is 3.03. The zero-order valence-corrected chi connectivity index (χ0v) is 11.7. The minimum atomic E-state index is -0.536. The fourth-order valence-electron chi connectivity index (χ4n) is 3.03. The summed E-state index contributed by atoms with van der Waals surface area (Å²) < 4.78 is 10.7. The lowest BCUT2D eigenvalue weighted by atomic mass is 10.1. The van der Waals surface area contributed by atoms with Gasteiger partial charge in [0.15, 0.2) is 11.5 Å². The van der Waals surface area contributed by atoms with Gasteiger partial charge < -0.3 is 19.5 Å². The van der Waals surface area contributed by atoms with Crippen LogP contribution in [0.15, 0.2) is 42.5 Å². The molecule has 2 heterocycles. The van der Waals surface area contributed by atoms with Gasteiger partial charge in [-0.05, 0) is 35.7 Å². The van der Waals surface area contributed by atoms with E-state index >= 15 is 0 Å². The predicted octanol–water partition coefficient (Wildman–Crippen LogP) is 2.51. The summed E-state index contributed by atoms with van der Waals surface area (Å²) >= 11 is 0. The Morgan fingerprint density at radius 2 is 1.95 bits per heavy atom. The van der Waals surface area contributed by atoms with Gasteiger partial charge in [0, 0.05) is 18.8 Å². The number of nitrogens with zero attached hydrogens (tertiary/aromatic N) is 1. The zero-order valence-electron chi connectivity index (χ0n) is 11.7. The van der Waals surface area contributed by atoms with Crippen molar-refractivity contribution in [3.63, 3.8) is 0 Å². The van der Waals surface area contributed by atoms with Crippen molar-refractivity contribution in [2.45, 2.75) is 12.5 Å². The van der Waals surface area contributed by atoms with E-state index < -0.39 is 6.10 Å². The topological polar surface area (TPSA) is 41.9 Å². The van der Waals surface area contributed by atoms with Gasteiger partial charge in [-0.2, -0.15) is 0 Å². The van der Waals surface area contributed by atoms with Crippen LogP contribution in [0, 0.1) is 0 Å². The van der Waals surface area contributed by atoms with Gasteiger partial charge in [0.25, 0.3) is 0 Å². The van der Waals surface area contributed by atoms with E-state index in [0.717, 1.165) is 24.3 Å². The first kappa shape index (κ1) is 12.5. The van der Waals surface area contributed by atoms with E-state index in [-0.39, 0.29) is 6.79 Å². The third kappa shape index (κ3) is 2.21. The molecule has 1 N–H and O–H groups in total. The van der Waals surface area contributed by atoms with Crippen LogP contribution in [0.4, 0.5) is 5.69 Å². The minimum Gasteiger partial charge on any atom is -0.454 e. The second kappa shape index (κ2) is 4.97. The molecule has 0 bridgehead atoms. The second-order valence-electron chi connectivity index (χ2n) is 5.45. The first-order chi connectivity index (χ1) is 10.3. The molecule has 1 atom stereocenters. The number of hydrogen-bond acceptors (Lipinski definition) is 4. The summed E-state index contributed by atoms with van der Waals surface area (Å²) in [6.45, 7) is 1.81. The highest BCUT2D eigenvalue weighted by Gasteiger charge is 2.23. The second-order valence-corrected chi connectivity index (χ2v) is 5.45. The standard InChI is InChI=1S/C17H17NO3/c19-15(13-5-6-16-17(9-13)21-11-20-16)10-18-8-7-12-3-1-2-4-14(12)18/h1-6,9,15,19H,7-8,10-11H2. The van der Waals surface area contributed by atoms with Gasteiger partial charge in [0.1, 0.15) is 0 Å². The van der Waals surface area contributed by atoms with E-state index in [1.54, 1.807) is 0 Å². The fraction of sp³-hybridized carbons (Fsp3) is 0.294. The average molecular weight is 283 g/mol. The number of fused-ring (bicyclic) bond motifs is 2. The van der Waals surface area contributed by atoms with E-state index in [1.165, 1.54) is 11.3 Å². The number of benzene rings is 2. The molecule has 0 aromatic heterocycles. The summed E-state index contributed by atoms with van der Waals surface area (Å²) in [5.41, 5.74) is 3.45. The zero-order chi connectivity index (χ0) is 14.2. The first-order valence-electron chi connectivity index (χ1n) is 7.22. The highest BCUT2D eigenvalue weighted by atomic mass is 16.7. The molecule has 0 radical (unpaired) electrons. The van der Waals surface area contributed by atoms with Crippen LogP contribution in [0.3, 0.4) is 0 Å². The lowest BCUT2D eigenvalue weighted by molar-refractivity contribution is 0.172. The Hall–Kier alpha value is -2.20. The van der Waals surface area contributed by atoms with Crippen LogP contribution < -0.4 is 14.4 Å². The molecule has 108 valence electrons. The summed E-state index contributed by atoms with van der Waals surface area (Å²) in [7, 11) is 0. The lowest BCUT2D eigenvalue weighted by Gasteiger charge is -2.23. The smallest absolute Gasteiger partial charge is 0.231 e. The lowest BCUT2D eigenvalue weighted by Crippen LogP contribution is -2.26. The Morgan fingerprint density at radius 3 is 2.90 bits per heavy atom. The average Bonchev–Trinajstić information content (AvgIpc) is 3.13. The minimum absolute atomic E-state index is 0.258. The summed E-state index contributed by atoms with van der Waals surface area (Å²) in [6, 6.07) is 14.0. The Kier molecular flexibility index (Phi) is 2.97. The van der Waals surface area contributed by atoms with Crippen LogP contribution >= 0.6 is 0 Å². The Labute approximate surface area is 123 Å².